The Hall–Kier alpha value is -1.58. The highest BCUT2D eigenvalue weighted by Gasteiger charge is 2.00. The molecular weight excluding hydrogens is 218 g/mol. The molecule has 0 aromatic carbocycles. The number of esters is 1. The van der Waals surface area contributed by atoms with Crippen LogP contribution >= 0.6 is 0 Å². The first-order valence-electron chi connectivity index (χ1n) is 5.95. The summed E-state index contributed by atoms with van der Waals surface area (Å²) in [6.45, 7) is 0.860. The zero-order valence-electron chi connectivity index (χ0n) is 10.2. The molecule has 1 aromatic rings. The second-order valence-corrected chi connectivity index (χ2v) is 3.98. The van der Waals surface area contributed by atoms with Gasteiger partial charge in [0.15, 0.2) is 6.29 Å². The van der Waals surface area contributed by atoms with Crippen molar-refractivity contribution < 1.29 is 14.3 Å². The molecule has 17 heavy (non-hydrogen) atoms. The predicted octanol–water partition coefficient (Wildman–Crippen LogP) is 2.42. The van der Waals surface area contributed by atoms with Gasteiger partial charge in [0.1, 0.15) is 0 Å². The van der Waals surface area contributed by atoms with Crippen LogP contribution in [0.3, 0.4) is 0 Å². The van der Waals surface area contributed by atoms with E-state index in [-0.39, 0.29) is 5.97 Å². The van der Waals surface area contributed by atoms with Crippen molar-refractivity contribution in [3.8, 4) is 0 Å². The molecule has 4 nitrogen and oxygen atoms in total. The topological polar surface area (TPSA) is 48.3 Å². The fraction of sp³-hybridized carbons (Fsp3) is 0.538. The maximum absolute atomic E-state index is 10.8. The van der Waals surface area contributed by atoms with Gasteiger partial charge < -0.3 is 9.30 Å². The van der Waals surface area contributed by atoms with Crippen LogP contribution < -0.4 is 0 Å². The molecule has 4 heteroatoms. The van der Waals surface area contributed by atoms with Gasteiger partial charge in [-0.3, -0.25) is 9.59 Å². The Balaban J connectivity index is 2.08. The van der Waals surface area contributed by atoms with E-state index in [0.29, 0.717) is 6.42 Å². The highest BCUT2D eigenvalue weighted by atomic mass is 16.5. The van der Waals surface area contributed by atoms with Gasteiger partial charge in [-0.25, -0.2) is 0 Å². The van der Waals surface area contributed by atoms with Gasteiger partial charge in [-0.2, -0.15) is 0 Å². The number of hydrogen-bond acceptors (Lipinski definition) is 3. The Morgan fingerprint density at radius 2 is 2.12 bits per heavy atom. The summed E-state index contributed by atoms with van der Waals surface area (Å²) in [6.07, 6.45) is 7.27. The SMILES string of the molecule is COC(=O)CCCCCCn1cccc1C=O. The quantitative estimate of drug-likeness (QED) is 0.396. The van der Waals surface area contributed by atoms with E-state index in [9.17, 15) is 9.59 Å². The summed E-state index contributed by atoms with van der Waals surface area (Å²) in [6, 6.07) is 3.69. The molecule has 0 spiro atoms. The van der Waals surface area contributed by atoms with E-state index < -0.39 is 0 Å². The number of carbonyl (C=O) groups excluding carboxylic acids is 2. The summed E-state index contributed by atoms with van der Waals surface area (Å²) in [5.74, 6) is -0.140. The van der Waals surface area contributed by atoms with Crippen molar-refractivity contribution in [2.75, 3.05) is 7.11 Å². The molecule has 0 N–H and O–H groups in total. The van der Waals surface area contributed by atoms with Gasteiger partial charge in [0.25, 0.3) is 0 Å². The zero-order valence-corrected chi connectivity index (χ0v) is 10.2. The molecule has 1 heterocycles. The molecule has 0 radical (unpaired) electrons. The molecule has 94 valence electrons. The minimum Gasteiger partial charge on any atom is -0.469 e. The molecule has 0 amide bonds. The lowest BCUT2D eigenvalue weighted by molar-refractivity contribution is -0.140. The zero-order chi connectivity index (χ0) is 12.5. The molecule has 0 unspecified atom stereocenters. The largest absolute Gasteiger partial charge is 0.469 e. The summed E-state index contributed by atoms with van der Waals surface area (Å²) in [7, 11) is 1.41. The van der Waals surface area contributed by atoms with Crippen molar-refractivity contribution in [1.29, 1.82) is 0 Å². The van der Waals surface area contributed by atoms with Crippen LogP contribution in [0.5, 0.6) is 0 Å². The van der Waals surface area contributed by atoms with Crippen molar-refractivity contribution in [3.63, 3.8) is 0 Å². The van der Waals surface area contributed by atoms with Crippen LogP contribution in [0.15, 0.2) is 18.3 Å². The first kappa shape index (κ1) is 13.5. The van der Waals surface area contributed by atoms with E-state index in [2.05, 4.69) is 4.74 Å². The van der Waals surface area contributed by atoms with Gasteiger partial charge in [-0.15, -0.1) is 0 Å². The summed E-state index contributed by atoms with van der Waals surface area (Å²) in [5, 5.41) is 0. The monoisotopic (exact) mass is 237 g/mol. The van der Waals surface area contributed by atoms with Crippen molar-refractivity contribution in [3.05, 3.63) is 24.0 Å². The summed E-state index contributed by atoms with van der Waals surface area (Å²) < 4.78 is 6.52. The van der Waals surface area contributed by atoms with Crippen molar-refractivity contribution in [1.82, 2.24) is 4.57 Å². The lowest BCUT2D eigenvalue weighted by Gasteiger charge is -2.05. The summed E-state index contributed by atoms with van der Waals surface area (Å²) in [4.78, 5) is 21.5. The smallest absolute Gasteiger partial charge is 0.305 e. The molecule has 0 atom stereocenters. The number of ether oxygens (including phenoxy) is 1. The fourth-order valence-corrected chi connectivity index (χ4v) is 1.75. The van der Waals surface area contributed by atoms with Gasteiger partial charge in [0, 0.05) is 19.2 Å². The number of hydrogen-bond donors (Lipinski definition) is 0. The number of aromatic nitrogens is 1. The number of methoxy groups -OCH3 is 1. The maximum atomic E-state index is 10.8. The Bertz CT molecular complexity index is 357. The van der Waals surface area contributed by atoms with Crippen LogP contribution in [-0.4, -0.2) is 23.9 Å². The minimum atomic E-state index is -0.140. The Morgan fingerprint density at radius 1 is 1.35 bits per heavy atom. The predicted molar refractivity (Wildman–Crippen MR) is 64.9 cm³/mol. The molecule has 0 aliphatic carbocycles. The highest BCUT2D eigenvalue weighted by Crippen LogP contribution is 2.07. The van der Waals surface area contributed by atoms with Crippen LogP contribution in [0, 0.1) is 0 Å². The lowest BCUT2D eigenvalue weighted by Crippen LogP contribution is -2.01. The first-order chi connectivity index (χ1) is 8.27. The van der Waals surface area contributed by atoms with E-state index in [1.165, 1.54) is 7.11 Å². The van der Waals surface area contributed by atoms with E-state index >= 15 is 0 Å². The molecule has 0 aliphatic rings. The second-order valence-electron chi connectivity index (χ2n) is 3.98. The van der Waals surface area contributed by atoms with E-state index in [0.717, 1.165) is 44.2 Å². The fourth-order valence-electron chi connectivity index (χ4n) is 1.75. The Kier molecular flexibility index (Phi) is 6.07. The molecule has 1 aromatic heterocycles. The Morgan fingerprint density at radius 3 is 2.82 bits per heavy atom. The van der Waals surface area contributed by atoms with Gasteiger partial charge in [-0.05, 0) is 25.0 Å². The number of aryl methyl sites for hydroxylation is 1. The molecular formula is C13H19NO3. The molecule has 0 bridgehead atoms. The third-order valence-electron chi connectivity index (χ3n) is 2.74. The van der Waals surface area contributed by atoms with Gasteiger partial charge in [0.05, 0.1) is 12.8 Å². The normalized spacial score (nSPS) is 10.2. The average Bonchev–Trinajstić information content (AvgIpc) is 2.80. The molecule has 0 saturated carbocycles. The minimum absolute atomic E-state index is 0.140. The second kappa shape index (κ2) is 7.65. The number of aldehydes is 1. The van der Waals surface area contributed by atoms with E-state index in [4.69, 9.17) is 0 Å². The summed E-state index contributed by atoms with van der Waals surface area (Å²) >= 11 is 0. The van der Waals surface area contributed by atoms with Gasteiger partial charge in [0.2, 0.25) is 0 Å². The Labute approximate surface area is 102 Å². The van der Waals surface area contributed by atoms with Crippen molar-refractivity contribution >= 4 is 12.3 Å². The number of rotatable bonds is 8. The van der Waals surface area contributed by atoms with E-state index in [1.807, 2.05) is 22.9 Å². The molecule has 0 fully saturated rings. The van der Waals surface area contributed by atoms with Crippen LogP contribution in [0.4, 0.5) is 0 Å². The third kappa shape index (κ3) is 4.85. The number of unbranched alkanes of at least 4 members (excludes halogenated alkanes) is 3. The third-order valence-corrected chi connectivity index (χ3v) is 2.74. The van der Waals surface area contributed by atoms with Crippen LogP contribution in [0.1, 0.15) is 42.6 Å². The number of carbonyl (C=O) groups is 2. The molecule has 0 saturated heterocycles. The van der Waals surface area contributed by atoms with Crippen LogP contribution in [0.2, 0.25) is 0 Å². The van der Waals surface area contributed by atoms with Gasteiger partial charge >= 0.3 is 5.97 Å². The van der Waals surface area contributed by atoms with Crippen LogP contribution in [-0.2, 0) is 16.1 Å². The molecule has 0 aliphatic heterocycles. The average molecular weight is 237 g/mol. The van der Waals surface area contributed by atoms with E-state index in [1.54, 1.807) is 0 Å². The number of nitrogens with zero attached hydrogens (tertiary/aromatic N) is 1. The standard InChI is InChI=1S/C13H19NO3/c1-17-13(16)8-4-2-3-5-9-14-10-6-7-12(14)11-15/h6-7,10-11H,2-5,8-9H2,1H3. The van der Waals surface area contributed by atoms with Crippen LogP contribution in [0.25, 0.3) is 0 Å². The molecule has 1 rings (SSSR count). The van der Waals surface area contributed by atoms with Crippen molar-refractivity contribution in [2.45, 2.75) is 38.6 Å². The maximum Gasteiger partial charge on any atom is 0.305 e. The van der Waals surface area contributed by atoms with Crippen molar-refractivity contribution in [2.24, 2.45) is 0 Å². The highest BCUT2D eigenvalue weighted by molar-refractivity contribution is 5.72. The lowest BCUT2D eigenvalue weighted by atomic mass is 10.1. The van der Waals surface area contributed by atoms with Gasteiger partial charge in [-0.1, -0.05) is 12.8 Å². The summed E-state index contributed by atoms with van der Waals surface area (Å²) in [5.41, 5.74) is 0.722. The first-order valence-corrected chi connectivity index (χ1v) is 5.95.